The van der Waals surface area contributed by atoms with E-state index in [0.29, 0.717) is 12.6 Å². The normalized spacial score (nSPS) is 20.3. The summed E-state index contributed by atoms with van der Waals surface area (Å²) in [5.74, 6) is 0. The van der Waals surface area contributed by atoms with Crippen LogP contribution in [0.1, 0.15) is 31.7 Å². The third kappa shape index (κ3) is 3.22. The van der Waals surface area contributed by atoms with E-state index in [2.05, 4.69) is 17.4 Å². The Bertz CT molecular complexity index is 351. The Labute approximate surface area is 101 Å². The Morgan fingerprint density at radius 1 is 1.65 bits per heavy atom. The maximum Gasteiger partial charge on any atom is 0.317 e. The van der Waals surface area contributed by atoms with Gasteiger partial charge in [0, 0.05) is 24.7 Å². The van der Waals surface area contributed by atoms with Gasteiger partial charge in [-0.1, -0.05) is 5.16 Å². The van der Waals surface area contributed by atoms with Crippen LogP contribution in [0.25, 0.3) is 0 Å². The quantitative estimate of drug-likeness (QED) is 0.872. The molecule has 2 heterocycles. The predicted octanol–water partition coefficient (Wildman–Crippen LogP) is 1.80. The molecule has 1 atom stereocenters. The summed E-state index contributed by atoms with van der Waals surface area (Å²) in [6.07, 6.45) is 7.50. The molecule has 17 heavy (non-hydrogen) atoms. The number of rotatable bonds is 3. The highest BCUT2D eigenvalue weighted by Gasteiger charge is 2.22. The van der Waals surface area contributed by atoms with Crippen molar-refractivity contribution in [3.8, 4) is 0 Å². The number of aromatic nitrogens is 1. The number of nitrogens with zero attached hydrogens (tertiary/aromatic N) is 2. The molecule has 0 radical (unpaired) electrons. The molecule has 5 nitrogen and oxygen atoms in total. The van der Waals surface area contributed by atoms with E-state index in [1.165, 1.54) is 6.42 Å². The van der Waals surface area contributed by atoms with Crippen LogP contribution in [0.2, 0.25) is 0 Å². The monoisotopic (exact) mass is 237 g/mol. The maximum absolute atomic E-state index is 11.9. The Hall–Kier alpha value is -1.52. The second kappa shape index (κ2) is 5.70. The van der Waals surface area contributed by atoms with Crippen molar-refractivity contribution in [1.82, 2.24) is 15.4 Å². The molecule has 5 heteroatoms. The van der Waals surface area contributed by atoms with Crippen LogP contribution in [-0.4, -0.2) is 35.2 Å². The minimum atomic E-state index is 0.0497. The largest absolute Gasteiger partial charge is 0.364 e. The summed E-state index contributed by atoms with van der Waals surface area (Å²) >= 11 is 0. The zero-order valence-electron chi connectivity index (χ0n) is 10.2. The number of amides is 2. The average molecular weight is 237 g/mol. The van der Waals surface area contributed by atoms with Gasteiger partial charge in [0.05, 0.1) is 6.20 Å². The lowest BCUT2D eigenvalue weighted by molar-refractivity contribution is 0.158. The maximum atomic E-state index is 11.9. The fourth-order valence-electron chi connectivity index (χ4n) is 2.17. The van der Waals surface area contributed by atoms with Crippen molar-refractivity contribution >= 4 is 6.03 Å². The summed E-state index contributed by atoms with van der Waals surface area (Å²) in [5.41, 5.74) is 1.01. The molecule has 0 bridgehead atoms. The van der Waals surface area contributed by atoms with Crippen LogP contribution >= 0.6 is 0 Å². The molecule has 1 aromatic rings. The van der Waals surface area contributed by atoms with Crippen LogP contribution in [-0.2, 0) is 6.42 Å². The first-order valence-corrected chi connectivity index (χ1v) is 6.20. The van der Waals surface area contributed by atoms with Gasteiger partial charge in [0.15, 0.2) is 0 Å². The predicted molar refractivity (Wildman–Crippen MR) is 63.6 cm³/mol. The topological polar surface area (TPSA) is 58.4 Å². The summed E-state index contributed by atoms with van der Waals surface area (Å²) in [7, 11) is 0. The first-order valence-electron chi connectivity index (χ1n) is 6.20. The second-order valence-electron chi connectivity index (χ2n) is 4.55. The number of hydrogen-bond acceptors (Lipinski definition) is 3. The summed E-state index contributed by atoms with van der Waals surface area (Å²) in [6, 6.07) is 0.410. The third-order valence-electron chi connectivity index (χ3n) is 3.24. The average Bonchev–Trinajstić information content (AvgIpc) is 2.82. The highest BCUT2D eigenvalue weighted by Crippen LogP contribution is 2.15. The number of carbonyl (C=O) groups excluding carboxylic acids is 1. The Kier molecular flexibility index (Phi) is 4.01. The smallest absolute Gasteiger partial charge is 0.317 e. The number of piperidine rings is 1. The Morgan fingerprint density at radius 2 is 2.53 bits per heavy atom. The van der Waals surface area contributed by atoms with Crippen molar-refractivity contribution in [2.45, 2.75) is 38.6 Å². The van der Waals surface area contributed by atoms with E-state index in [1.807, 2.05) is 4.90 Å². The van der Waals surface area contributed by atoms with Crippen molar-refractivity contribution in [2.75, 3.05) is 13.1 Å². The zero-order valence-corrected chi connectivity index (χ0v) is 10.2. The van der Waals surface area contributed by atoms with Crippen molar-refractivity contribution in [3.05, 3.63) is 18.0 Å². The number of likely N-dealkylation sites (tertiary alicyclic amines) is 1. The number of nitrogens with one attached hydrogen (secondary N) is 1. The molecule has 1 saturated heterocycles. The van der Waals surface area contributed by atoms with Gasteiger partial charge < -0.3 is 14.7 Å². The van der Waals surface area contributed by atoms with E-state index in [9.17, 15) is 4.79 Å². The van der Waals surface area contributed by atoms with Crippen LogP contribution in [0.3, 0.4) is 0 Å². The van der Waals surface area contributed by atoms with Gasteiger partial charge in [0.1, 0.15) is 6.26 Å². The molecule has 0 aromatic carbocycles. The third-order valence-corrected chi connectivity index (χ3v) is 3.24. The van der Waals surface area contributed by atoms with E-state index in [4.69, 9.17) is 4.52 Å². The van der Waals surface area contributed by atoms with Gasteiger partial charge in [0.25, 0.3) is 0 Å². The molecule has 1 aromatic heterocycles. The van der Waals surface area contributed by atoms with E-state index in [-0.39, 0.29) is 6.03 Å². The first-order chi connectivity index (χ1) is 8.27. The molecule has 1 N–H and O–H groups in total. The summed E-state index contributed by atoms with van der Waals surface area (Å²) in [5, 5.41) is 6.56. The van der Waals surface area contributed by atoms with Crippen LogP contribution in [0.4, 0.5) is 4.79 Å². The van der Waals surface area contributed by atoms with E-state index >= 15 is 0 Å². The molecule has 1 unspecified atom stereocenters. The van der Waals surface area contributed by atoms with E-state index in [1.54, 1.807) is 12.5 Å². The fourth-order valence-corrected chi connectivity index (χ4v) is 2.17. The summed E-state index contributed by atoms with van der Waals surface area (Å²) in [4.78, 5) is 13.8. The molecule has 0 spiro atoms. The molecule has 0 saturated carbocycles. The van der Waals surface area contributed by atoms with Gasteiger partial charge in [-0.2, -0.15) is 0 Å². The highest BCUT2D eigenvalue weighted by molar-refractivity contribution is 5.74. The van der Waals surface area contributed by atoms with Gasteiger partial charge in [-0.05, 0) is 32.6 Å². The minimum Gasteiger partial charge on any atom is -0.364 e. The van der Waals surface area contributed by atoms with Crippen molar-refractivity contribution in [2.24, 2.45) is 0 Å². The van der Waals surface area contributed by atoms with E-state index < -0.39 is 0 Å². The summed E-state index contributed by atoms with van der Waals surface area (Å²) < 4.78 is 4.73. The molecule has 0 aliphatic carbocycles. The Balaban J connectivity index is 1.73. The zero-order chi connectivity index (χ0) is 12.1. The van der Waals surface area contributed by atoms with Gasteiger partial charge in [-0.25, -0.2) is 4.79 Å². The SMILES string of the molecule is CC1CCCCN1C(=O)NCCc1cnoc1. The second-order valence-corrected chi connectivity index (χ2v) is 4.55. The number of hydrogen-bond donors (Lipinski definition) is 1. The molecular formula is C12H19N3O2. The fraction of sp³-hybridized carbons (Fsp3) is 0.667. The van der Waals surface area contributed by atoms with Crippen LogP contribution in [0.5, 0.6) is 0 Å². The molecule has 1 aliphatic rings. The molecule has 2 amide bonds. The summed E-state index contributed by atoms with van der Waals surface area (Å²) in [6.45, 7) is 3.61. The molecule has 1 aliphatic heterocycles. The van der Waals surface area contributed by atoms with Crippen molar-refractivity contribution < 1.29 is 9.32 Å². The van der Waals surface area contributed by atoms with Gasteiger partial charge >= 0.3 is 6.03 Å². The minimum absolute atomic E-state index is 0.0497. The molecular weight excluding hydrogens is 218 g/mol. The van der Waals surface area contributed by atoms with Gasteiger partial charge in [-0.15, -0.1) is 0 Å². The highest BCUT2D eigenvalue weighted by atomic mass is 16.5. The van der Waals surface area contributed by atoms with Crippen LogP contribution in [0.15, 0.2) is 17.0 Å². The standard InChI is InChI=1S/C12H19N3O2/c1-10-4-2-3-7-15(10)12(16)13-6-5-11-8-14-17-9-11/h8-10H,2-7H2,1H3,(H,13,16). The van der Waals surface area contributed by atoms with Crippen molar-refractivity contribution in [3.63, 3.8) is 0 Å². The number of carbonyl (C=O) groups is 1. The van der Waals surface area contributed by atoms with Crippen LogP contribution < -0.4 is 5.32 Å². The first kappa shape index (κ1) is 12.0. The lowest BCUT2D eigenvalue weighted by atomic mass is 10.0. The molecule has 2 rings (SSSR count). The molecule has 94 valence electrons. The van der Waals surface area contributed by atoms with Crippen molar-refractivity contribution in [1.29, 1.82) is 0 Å². The number of urea groups is 1. The van der Waals surface area contributed by atoms with Gasteiger partial charge in [0.2, 0.25) is 0 Å². The Morgan fingerprint density at radius 3 is 3.24 bits per heavy atom. The molecule has 1 fully saturated rings. The van der Waals surface area contributed by atoms with Gasteiger partial charge in [-0.3, -0.25) is 0 Å². The van der Waals surface area contributed by atoms with Crippen LogP contribution in [0, 0.1) is 0 Å². The van der Waals surface area contributed by atoms with E-state index in [0.717, 1.165) is 31.4 Å². The lowest BCUT2D eigenvalue weighted by Gasteiger charge is -2.33. The lowest BCUT2D eigenvalue weighted by Crippen LogP contribution is -2.47.